The molecule has 74 valence electrons. The van der Waals surface area contributed by atoms with Crippen LogP contribution in [-0.2, 0) is 14.3 Å². The molecule has 1 aliphatic rings. The minimum Gasteiger partial charge on any atom is -0.466 e. The van der Waals surface area contributed by atoms with E-state index in [1.807, 2.05) is 13.8 Å². The number of ether oxygens (including phenoxy) is 1. The molecule has 0 aliphatic heterocycles. The quantitative estimate of drug-likeness (QED) is 0.611. The van der Waals surface area contributed by atoms with Crippen molar-refractivity contribution in [3.63, 3.8) is 0 Å². The normalized spacial score (nSPS) is 26.1. The predicted octanol–water partition coefficient (Wildman–Crippen LogP) is 1.55. The standard InChI is InChI=1S/C10H16O3/c1-4-13-9(12)7-5-6-8(11)10(7,2)3/h7H,4-6H2,1-3H3/t7-/m0/s1. The van der Waals surface area contributed by atoms with E-state index in [2.05, 4.69) is 0 Å². The third-order valence-electron chi connectivity index (χ3n) is 2.82. The molecule has 1 rings (SSSR count). The van der Waals surface area contributed by atoms with Crippen LogP contribution in [-0.4, -0.2) is 18.4 Å². The molecule has 1 saturated carbocycles. The van der Waals surface area contributed by atoms with E-state index in [9.17, 15) is 9.59 Å². The molecule has 1 atom stereocenters. The Balaban J connectivity index is 2.72. The van der Waals surface area contributed by atoms with E-state index in [0.717, 1.165) is 0 Å². The summed E-state index contributed by atoms with van der Waals surface area (Å²) in [6.07, 6.45) is 1.15. The predicted molar refractivity (Wildman–Crippen MR) is 48.1 cm³/mol. The van der Waals surface area contributed by atoms with Gasteiger partial charge in [0.1, 0.15) is 5.78 Å². The first kappa shape index (κ1) is 10.2. The average Bonchev–Trinajstić information content (AvgIpc) is 2.28. The van der Waals surface area contributed by atoms with E-state index < -0.39 is 5.41 Å². The summed E-state index contributed by atoms with van der Waals surface area (Å²) in [5.41, 5.74) is -0.522. The first-order chi connectivity index (χ1) is 6.00. The topological polar surface area (TPSA) is 43.4 Å². The van der Waals surface area contributed by atoms with Crippen LogP contribution in [0.1, 0.15) is 33.6 Å². The summed E-state index contributed by atoms with van der Waals surface area (Å²) in [5.74, 6) is -0.288. The van der Waals surface area contributed by atoms with Crippen LogP contribution in [0.25, 0.3) is 0 Å². The molecule has 0 spiro atoms. The van der Waals surface area contributed by atoms with Crippen molar-refractivity contribution in [2.24, 2.45) is 11.3 Å². The Bertz CT molecular complexity index is 230. The van der Waals surface area contributed by atoms with Gasteiger partial charge in [-0.25, -0.2) is 0 Å². The Kier molecular flexibility index (Phi) is 2.74. The largest absolute Gasteiger partial charge is 0.466 e. The SMILES string of the molecule is CCOC(=O)[C@@H]1CCC(=O)C1(C)C. The molecule has 0 saturated heterocycles. The lowest BCUT2D eigenvalue weighted by molar-refractivity contribution is -0.152. The van der Waals surface area contributed by atoms with Gasteiger partial charge in [-0.2, -0.15) is 0 Å². The van der Waals surface area contributed by atoms with Crippen LogP contribution < -0.4 is 0 Å². The van der Waals surface area contributed by atoms with Crippen molar-refractivity contribution >= 4 is 11.8 Å². The van der Waals surface area contributed by atoms with Gasteiger partial charge in [-0.1, -0.05) is 13.8 Å². The van der Waals surface area contributed by atoms with Crippen LogP contribution in [0.3, 0.4) is 0 Å². The summed E-state index contributed by atoms with van der Waals surface area (Å²) in [6, 6.07) is 0. The summed E-state index contributed by atoms with van der Waals surface area (Å²) in [4.78, 5) is 22.8. The van der Waals surface area contributed by atoms with Gasteiger partial charge in [0.05, 0.1) is 12.5 Å². The second-order valence-electron chi connectivity index (χ2n) is 3.99. The van der Waals surface area contributed by atoms with Gasteiger partial charge in [0.25, 0.3) is 0 Å². The molecule has 0 heterocycles. The lowest BCUT2D eigenvalue weighted by atomic mass is 9.81. The first-order valence-corrected chi connectivity index (χ1v) is 4.70. The van der Waals surface area contributed by atoms with Crippen LogP contribution >= 0.6 is 0 Å². The van der Waals surface area contributed by atoms with E-state index in [1.54, 1.807) is 6.92 Å². The van der Waals surface area contributed by atoms with Crippen LogP contribution in [0.2, 0.25) is 0 Å². The second-order valence-corrected chi connectivity index (χ2v) is 3.99. The molecule has 0 radical (unpaired) electrons. The summed E-state index contributed by atoms with van der Waals surface area (Å²) in [5, 5.41) is 0. The summed E-state index contributed by atoms with van der Waals surface area (Å²) in [6.45, 7) is 5.81. The minimum atomic E-state index is -0.522. The molecule has 0 unspecified atom stereocenters. The number of hydrogen-bond donors (Lipinski definition) is 0. The average molecular weight is 184 g/mol. The van der Waals surface area contributed by atoms with E-state index in [1.165, 1.54) is 0 Å². The van der Waals surface area contributed by atoms with Gasteiger partial charge in [0, 0.05) is 11.8 Å². The third kappa shape index (κ3) is 1.74. The van der Waals surface area contributed by atoms with Gasteiger partial charge in [0.15, 0.2) is 0 Å². The van der Waals surface area contributed by atoms with Crippen LogP contribution in [0.5, 0.6) is 0 Å². The van der Waals surface area contributed by atoms with E-state index in [-0.39, 0.29) is 17.7 Å². The van der Waals surface area contributed by atoms with Crippen molar-refractivity contribution < 1.29 is 14.3 Å². The van der Waals surface area contributed by atoms with Gasteiger partial charge in [-0.05, 0) is 13.3 Å². The monoisotopic (exact) mass is 184 g/mol. The van der Waals surface area contributed by atoms with Crippen molar-refractivity contribution in [1.82, 2.24) is 0 Å². The maximum Gasteiger partial charge on any atom is 0.309 e. The molecule has 3 heteroatoms. The van der Waals surface area contributed by atoms with Crippen molar-refractivity contribution in [2.75, 3.05) is 6.61 Å². The summed E-state index contributed by atoms with van der Waals surface area (Å²) < 4.78 is 4.92. The number of carbonyl (C=O) groups excluding carboxylic acids is 2. The molecule has 0 aromatic carbocycles. The third-order valence-corrected chi connectivity index (χ3v) is 2.82. The van der Waals surface area contributed by atoms with Crippen molar-refractivity contribution in [1.29, 1.82) is 0 Å². The zero-order valence-corrected chi connectivity index (χ0v) is 8.42. The Labute approximate surface area is 78.5 Å². The van der Waals surface area contributed by atoms with Gasteiger partial charge in [-0.15, -0.1) is 0 Å². The van der Waals surface area contributed by atoms with Gasteiger partial charge >= 0.3 is 5.97 Å². The fraction of sp³-hybridized carbons (Fsp3) is 0.800. The summed E-state index contributed by atoms with van der Waals surface area (Å²) in [7, 11) is 0. The van der Waals surface area contributed by atoms with Crippen LogP contribution in [0.4, 0.5) is 0 Å². The molecule has 13 heavy (non-hydrogen) atoms. The number of Topliss-reactive ketones (excluding diaryl/α,β-unsaturated/α-hetero) is 1. The Hall–Kier alpha value is -0.860. The minimum absolute atomic E-state index is 0.172. The Morgan fingerprint density at radius 1 is 1.62 bits per heavy atom. The van der Waals surface area contributed by atoms with Gasteiger partial charge in [0.2, 0.25) is 0 Å². The van der Waals surface area contributed by atoms with Crippen molar-refractivity contribution in [2.45, 2.75) is 33.6 Å². The molecule has 0 amide bonds. The second kappa shape index (κ2) is 3.48. The van der Waals surface area contributed by atoms with Crippen molar-refractivity contribution in [3.05, 3.63) is 0 Å². The molecule has 3 nitrogen and oxygen atoms in total. The van der Waals surface area contributed by atoms with Crippen LogP contribution in [0, 0.1) is 11.3 Å². The highest BCUT2D eigenvalue weighted by Gasteiger charge is 2.46. The van der Waals surface area contributed by atoms with Crippen LogP contribution in [0.15, 0.2) is 0 Å². The molecule has 0 bridgehead atoms. The van der Waals surface area contributed by atoms with E-state index >= 15 is 0 Å². The molecule has 0 N–H and O–H groups in total. The fourth-order valence-corrected chi connectivity index (χ4v) is 1.81. The molecule has 1 fully saturated rings. The Morgan fingerprint density at radius 3 is 2.62 bits per heavy atom. The number of ketones is 1. The number of hydrogen-bond acceptors (Lipinski definition) is 3. The fourth-order valence-electron chi connectivity index (χ4n) is 1.81. The number of esters is 1. The molecular formula is C10H16O3. The lowest BCUT2D eigenvalue weighted by Gasteiger charge is -2.23. The highest BCUT2D eigenvalue weighted by molar-refractivity contribution is 5.92. The maximum absolute atomic E-state index is 11.4. The highest BCUT2D eigenvalue weighted by Crippen LogP contribution is 2.40. The first-order valence-electron chi connectivity index (χ1n) is 4.70. The zero-order valence-electron chi connectivity index (χ0n) is 8.42. The maximum atomic E-state index is 11.4. The Morgan fingerprint density at radius 2 is 2.23 bits per heavy atom. The number of carbonyl (C=O) groups is 2. The lowest BCUT2D eigenvalue weighted by Crippen LogP contribution is -2.31. The zero-order chi connectivity index (χ0) is 10.1. The smallest absolute Gasteiger partial charge is 0.309 e. The van der Waals surface area contributed by atoms with E-state index in [0.29, 0.717) is 19.4 Å². The summed E-state index contributed by atoms with van der Waals surface area (Å²) >= 11 is 0. The molecule has 1 aliphatic carbocycles. The molecular weight excluding hydrogens is 168 g/mol. The molecule has 0 aromatic rings. The van der Waals surface area contributed by atoms with Crippen molar-refractivity contribution in [3.8, 4) is 0 Å². The molecule has 0 aromatic heterocycles. The number of rotatable bonds is 2. The van der Waals surface area contributed by atoms with E-state index in [4.69, 9.17) is 4.74 Å². The van der Waals surface area contributed by atoms with Gasteiger partial charge < -0.3 is 4.74 Å². The van der Waals surface area contributed by atoms with Gasteiger partial charge in [-0.3, -0.25) is 9.59 Å². The highest BCUT2D eigenvalue weighted by atomic mass is 16.5.